The zero-order chi connectivity index (χ0) is 18.5. The molecule has 3 aromatic carbocycles. The molecule has 0 amide bonds. The van der Waals surface area contributed by atoms with Crippen molar-refractivity contribution in [1.82, 2.24) is 9.97 Å². The van der Waals surface area contributed by atoms with Gasteiger partial charge in [0.1, 0.15) is 24.5 Å². The van der Waals surface area contributed by atoms with Gasteiger partial charge in [-0.05, 0) is 48.0 Å². The summed E-state index contributed by atoms with van der Waals surface area (Å²) in [4.78, 5) is 8.64. The van der Waals surface area contributed by atoms with E-state index in [2.05, 4.69) is 21.2 Å². The van der Waals surface area contributed by atoms with Crippen LogP contribution < -0.4 is 10.1 Å². The number of ether oxygens (including phenoxy) is 1. The first-order valence-electron chi connectivity index (χ1n) is 8.57. The Bertz CT molecular complexity index is 1100. The monoisotopic (exact) mass is 351 g/mol. The van der Waals surface area contributed by atoms with Crippen molar-refractivity contribution in [2.45, 2.75) is 6.61 Å². The summed E-state index contributed by atoms with van der Waals surface area (Å²) in [5.74, 6) is 4.17. The first-order valence-corrected chi connectivity index (χ1v) is 8.57. The van der Waals surface area contributed by atoms with E-state index >= 15 is 0 Å². The Balaban J connectivity index is 1.50. The van der Waals surface area contributed by atoms with Crippen molar-refractivity contribution in [2.75, 3.05) is 5.32 Å². The fourth-order valence-electron chi connectivity index (χ4n) is 2.76. The van der Waals surface area contributed by atoms with Crippen molar-refractivity contribution in [3.63, 3.8) is 0 Å². The second-order valence-corrected chi connectivity index (χ2v) is 6.02. The van der Waals surface area contributed by atoms with Gasteiger partial charge in [0, 0.05) is 16.6 Å². The number of hydrogen-bond donors (Lipinski definition) is 1. The molecule has 0 aliphatic carbocycles. The van der Waals surface area contributed by atoms with E-state index in [0.29, 0.717) is 6.61 Å². The van der Waals surface area contributed by atoms with Crippen molar-refractivity contribution >= 4 is 22.4 Å². The average molecular weight is 351 g/mol. The van der Waals surface area contributed by atoms with Gasteiger partial charge in [0.15, 0.2) is 0 Å². The van der Waals surface area contributed by atoms with Gasteiger partial charge in [-0.3, -0.25) is 0 Å². The minimum absolute atomic E-state index is 0.541. The molecule has 0 bridgehead atoms. The summed E-state index contributed by atoms with van der Waals surface area (Å²) in [5.41, 5.74) is 3.68. The van der Waals surface area contributed by atoms with E-state index in [1.807, 2.05) is 72.8 Å². The molecule has 0 aliphatic rings. The molecule has 0 unspecified atom stereocenters. The zero-order valence-electron chi connectivity index (χ0n) is 14.6. The standard InChI is InChI=1S/C23H17N3O/c1-2-17-8-13-22-21(14-17)23(25-16-24-22)26-19-9-11-20(12-10-19)27-15-18-6-4-3-5-7-18/h1,3-14,16H,15H2,(H,24,25,26). The van der Waals surface area contributed by atoms with Gasteiger partial charge in [-0.1, -0.05) is 36.3 Å². The van der Waals surface area contributed by atoms with Crippen LogP contribution in [0.1, 0.15) is 11.1 Å². The van der Waals surface area contributed by atoms with Crippen LogP contribution in [0.25, 0.3) is 10.9 Å². The molecule has 4 rings (SSSR count). The van der Waals surface area contributed by atoms with E-state index in [9.17, 15) is 0 Å². The van der Waals surface area contributed by atoms with E-state index < -0.39 is 0 Å². The van der Waals surface area contributed by atoms with E-state index in [-0.39, 0.29) is 0 Å². The molecule has 0 spiro atoms. The quantitative estimate of drug-likeness (QED) is 0.518. The molecule has 0 fully saturated rings. The second kappa shape index (κ2) is 7.59. The Morgan fingerprint density at radius 1 is 0.926 bits per heavy atom. The van der Waals surface area contributed by atoms with Gasteiger partial charge < -0.3 is 10.1 Å². The lowest BCUT2D eigenvalue weighted by molar-refractivity contribution is 0.306. The van der Waals surface area contributed by atoms with Gasteiger partial charge in [0.25, 0.3) is 0 Å². The lowest BCUT2D eigenvalue weighted by Crippen LogP contribution is -1.97. The number of aromatic nitrogens is 2. The molecule has 4 aromatic rings. The SMILES string of the molecule is C#Cc1ccc2ncnc(Nc3ccc(OCc4ccccc4)cc3)c2c1. The van der Waals surface area contributed by atoms with Crippen molar-refractivity contribution < 1.29 is 4.74 Å². The van der Waals surface area contributed by atoms with Crippen molar-refractivity contribution in [2.24, 2.45) is 0 Å². The minimum atomic E-state index is 0.541. The Morgan fingerprint density at radius 2 is 1.74 bits per heavy atom. The number of terminal acetylenes is 1. The normalized spacial score (nSPS) is 10.3. The third-order valence-electron chi connectivity index (χ3n) is 4.17. The molecular formula is C23H17N3O. The lowest BCUT2D eigenvalue weighted by Gasteiger charge is -2.10. The molecule has 1 aromatic heterocycles. The third-order valence-corrected chi connectivity index (χ3v) is 4.17. The van der Waals surface area contributed by atoms with Crippen LogP contribution in [0.5, 0.6) is 5.75 Å². The predicted molar refractivity (Wildman–Crippen MR) is 108 cm³/mol. The minimum Gasteiger partial charge on any atom is -0.489 e. The molecule has 4 nitrogen and oxygen atoms in total. The predicted octanol–water partition coefficient (Wildman–Crippen LogP) is 4.93. The highest BCUT2D eigenvalue weighted by molar-refractivity contribution is 5.91. The van der Waals surface area contributed by atoms with Crippen LogP contribution >= 0.6 is 0 Å². The number of hydrogen-bond acceptors (Lipinski definition) is 4. The van der Waals surface area contributed by atoms with Crippen LogP contribution in [0.4, 0.5) is 11.5 Å². The summed E-state index contributed by atoms with van der Waals surface area (Å²) in [6.07, 6.45) is 7.04. The van der Waals surface area contributed by atoms with E-state index in [4.69, 9.17) is 11.2 Å². The summed E-state index contributed by atoms with van der Waals surface area (Å²) in [7, 11) is 0. The maximum atomic E-state index is 5.82. The van der Waals surface area contributed by atoms with Gasteiger partial charge in [-0.15, -0.1) is 6.42 Å². The number of nitrogens with zero attached hydrogens (tertiary/aromatic N) is 2. The maximum absolute atomic E-state index is 5.82. The highest BCUT2D eigenvalue weighted by Crippen LogP contribution is 2.25. The van der Waals surface area contributed by atoms with Gasteiger partial charge in [0.2, 0.25) is 0 Å². The molecule has 27 heavy (non-hydrogen) atoms. The largest absolute Gasteiger partial charge is 0.489 e. The highest BCUT2D eigenvalue weighted by atomic mass is 16.5. The van der Waals surface area contributed by atoms with Crippen molar-refractivity contribution in [3.05, 3.63) is 90.3 Å². The Morgan fingerprint density at radius 3 is 2.52 bits per heavy atom. The summed E-state index contributed by atoms with van der Waals surface area (Å²) in [5, 5.41) is 4.21. The average Bonchev–Trinajstić information content (AvgIpc) is 2.74. The van der Waals surface area contributed by atoms with Crippen molar-refractivity contribution in [3.8, 4) is 18.1 Å². The number of benzene rings is 3. The van der Waals surface area contributed by atoms with Crippen LogP contribution in [0.2, 0.25) is 0 Å². The van der Waals surface area contributed by atoms with Crippen LogP contribution in [0.3, 0.4) is 0 Å². The lowest BCUT2D eigenvalue weighted by atomic mass is 10.1. The topological polar surface area (TPSA) is 47.0 Å². The molecule has 0 aliphatic heterocycles. The van der Waals surface area contributed by atoms with Crippen LogP contribution in [-0.2, 0) is 6.61 Å². The number of nitrogens with one attached hydrogen (secondary N) is 1. The summed E-state index contributed by atoms with van der Waals surface area (Å²) in [6.45, 7) is 0.541. The second-order valence-electron chi connectivity index (χ2n) is 6.02. The molecular weight excluding hydrogens is 334 g/mol. The van der Waals surface area contributed by atoms with Crippen LogP contribution in [0, 0.1) is 12.3 Å². The Hall–Kier alpha value is -3.84. The summed E-state index contributed by atoms with van der Waals surface area (Å²) < 4.78 is 5.82. The summed E-state index contributed by atoms with van der Waals surface area (Å²) in [6, 6.07) is 23.5. The maximum Gasteiger partial charge on any atom is 0.141 e. The first kappa shape index (κ1) is 16.6. The molecule has 1 N–H and O–H groups in total. The molecule has 4 heteroatoms. The van der Waals surface area contributed by atoms with Gasteiger partial charge in [-0.25, -0.2) is 9.97 Å². The third kappa shape index (κ3) is 3.88. The van der Waals surface area contributed by atoms with E-state index in [0.717, 1.165) is 39.3 Å². The van der Waals surface area contributed by atoms with Crippen LogP contribution in [-0.4, -0.2) is 9.97 Å². The zero-order valence-corrected chi connectivity index (χ0v) is 14.6. The van der Waals surface area contributed by atoms with E-state index in [1.54, 1.807) is 0 Å². The van der Waals surface area contributed by atoms with Gasteiger partial charge in [0.05, 0.1) is 5.52 Å². The molecule has 0 radical (unpaired) electrons. The van der Waals surface area contributed by atoms with Gasteiger partial charge >= 0.3 is 0 Å². The summed E-state index contributed by atoms with van der Waals surface area (Å²) >= 11 is 0. The van der Waals surface area contributed by atoms with Gasteiger partial charge in [-0.2, -0.15) is 0 Å². The number of fused-ring (bicyclic) bond motifs is 1. The van der Waals surface area contributed by atoms with Crippen LogP contribution in [0.15, 0.2) is 79.1 Å². The first-order chi connectivity index (χ1) is 13.3. The Kier molecular flexibility index (Phi) is 4.67. The van der Waals surface area contributed by atoms with E-state index in [1.165, 1.54) is 6.33 Å². The number of anilines is 2. The smallest absolute Gasteiger partial charge is 0.141 e. The fourth-order valence-corrected chi connectivity index (χ4v) is 2.76. The highest BCUT2D eigenvalue weighted by Gasteiger charge is 2.05. The fraction of sp³-hybridized carbons (Fsp3) is 0.0435. The molecule has 0 saturated heterocycles. The molecule has 0 saturated carbocycles. The molecule has 0 atom stereocenters. The number of rotatable bonds is 5. The molecule has 130 valence electrons. The van der Waals surface area contributed by atoms with Crippen molar-refractivity contribution in [1.29, 1.82) is 0 Å². The Labute approximate surface area is 157 Å². The molecule has 1 heterocycles.